The Bertz CT molecular complexity index is 587. The Morgan fingerprint density at radius 1 is 1.33 bits per heavy atom. The van der Waals surface area contributed by atoms with E-state index < -0.39 is 11.6 Å². The van der Waals surface area contributed by atoms with Gasteiger partial charge in [0.1, 0.15) is 5.52 Å². The lowest BCUT2D eigenvalue weighted by molar-refractivity contribution is 0.304. The first-order valence-electron chi connectivity index (χ1n) is 5.62. The number of halogens is 2. The normalized spacial score (nSPS) is 10.9. The van der Waals surface area contributed by atoms with Gasteiger partial charge in [0, 0.05) is 30.4 Å². The van der Waals surface area contributed by atoms with E-state index in [1.165, 1.54) is 6.07 Å². The second-order valence-electron chi connectivity index (χ2n) is 4.19. The Morgan fingerprint density at radius 3 is 2.72 bits per heavy atom. The molecule has 0 atom stereocenters. The van der Waals surface area contributed by atoms with Crippen LogP contribution in [0, 0.1) is 18.6 Å². The highest BCUT2D eigenvalue weighted by atomic mass is 19.2. The van der Waals surface area contributed by atoms with Gasteiger partial charge in [0.05, 0.1) is 6.61 Å². The standard InChI is InChI=1S/C13H14F2N2O/c1-8-7-11(17(2)5-6-18)9-3-4-10(14)12(15)13(9)16-8/h3-4,7,18H,5-6H2,1-2H3. The van der Waals surface area contributed by atoms with Gasteiger partial charge in [-0.15, -0.1) is 0 Å². The van der Waals surface area contributed by atoms with Crippen LogP contribution in [0.5, 0.6) is 0 Å². The Labute approximate surface area is 104 Å². The highest BCUT2D eigenvalue weighted by Crippen LogP contribution is 2.28. The van der Waals surface area contributed by atoms with E-state index in [2.05, 4.69) is 4.98 Å². The summed E-state index contributed by atoms with van der Waals surface area (Å²) < 4.78 is 26.9. The lowest BCUT2D eigenvalue weighted by Gasteiger charge is -2.20. The Hall–Kier alpha value is -1.75. The molecule has 5 heteroatoms. The van der Waals surface area contributed by atoms with Crippen molar-refractivity contribution in [1.29, 1.82) is 0 Å². The van der Waals surface area contributed by atoms with E-state index in [0.717, 1.165) is 11.8 Å². The van der Waals surface area contributed by atoms with Gasteiger partial charge in [0.25, 0.3) is 0 Å². The molecule has 0 spiro atoms. The van der Waals surface area contributed by atoms with Gasteiger partial charge in [-0.25, -0.2) is 13.8 Å². The van der Waals surface area contributed by atoms with E-state index in [-0.39, 0.29) is 12.1 Å². The maximum absolute atomic E-state index is 13.7. The first kappa shape index (κ1) is 12.7. The number of hydrogen-bond donors (Lipinski definition) is 1. The van der Waals surface area contributed by atoms with Crippen molar-refractivity contribution in [2.45, 2.75) is 6.92 Å². The second kappa shape index (κ2) is 4.86. The minimum atomic E-state index is -0.935. The first-order valence-corrected chi connectivity index (χ1v) is 5.62. The molecular formula is C13H14F2N2O. The summed E-state index contributed by atoms with van der Waals surface area (Å²) in [6, 6.07) is 4.38. The zero-order valence-corrected chi connectivity index (χ0v) is 10.2. The molecular weight excluding hydrogens is 238 g/mol. The van der Waals surface area contributed by atoms with Gasteiger partial charge in [0.2, 0.25) is 0 Å². The number of benzene rings is 1. The maximum Gasteiger partial charge on any atom is 0.185 e. The van der Waals surface area contributed by atoms with Gasteiger partial charge in [-0.2, -0.15) is 0 Å². The average molecular weight is 252 g/mol. The molecule has 0 aliphatic carbocycles. The molecule has 0 radical (unpaired) electrons. The molecule has 3 nitrogen and oxygen atoms in total. The van der Waals surface area contributed by atoms with Gasteiger partial charge in [-0.05, 0) is 25.1 Å². The molecule has 0 fully saturated rings. The topological polar surface area (TPSA) is 36.4 Å². The summed E-state index contributed by atoms with van der Waals surface area (Å²) >= 11 is 0. The first-order chi connectivity index (χ1) is 8.54. The van der Waals surface area contributed by atoms with Crippen LogP contribution in [0.2, 0.25) is 0 Å². The van der Waals surface area contributed by atoms with Crippen LogP contribution in [0.3, 0.4) is 0 Å². The van der Waals surface area contributed by atoms with Crippen molar-refractivity contribution in [2.24, 2.45) is 0 Å². The summed E-state index contributed by atoms with van der Waals surface area (Å²) in [5.41, 5.74) is 1.35. The summed E-state index contributed by atoms with van der Waals surface area (Å²) in [5.74, 6) is -1.84. The molecule has 18 heavy (non-hydrogen) atoms. The Morgan fingerprint density at radius 2 is 2.06 bits per heavy atom. The van der Waals surface area contributed by atoms with Gasteiger partial charge < -0.3 is 10.0 Å². The summed E-state index contributed by atoms with van der Waals surface area (Å²) in [6.07, 6.45) is 0. The van der Waals surface area contributed by atoms with E-state index in [4.69, 9.17) is 5.11 Å². The number of pyridine rings is 1. The number of rotatable bonds is 3. The van der Waals surface area contributed by atoms with Gasteiger partial charge in [-0.1, -0.05) is 0 Å². The molecule has 1 aromatic carbocycles. The predicted molar refractivity (Wildman–Crippen MR) is 66.8 cm³/mol. The highest BCUT2D eigenvalue weighted by Gasteiger charge is 2.14. The largest absolute Gasteiger partial charge is 0.395 e. The zero-order valence-electron chi connectivity index (χ0n) is 10.2. The van der Waals surface area contributed by atoms with Crippen molar-refractivity contribution in [3.8, 4) is 0 Å². The fourth-order valence-corrected chi connectivity index (χ4v) is 1.93. The molecule has 0 saturated heterocycles. The third-order valence-corrected chi connectivity index (χ3v) is 2.83. The summed E-state index contributed by atoms with van der Waals surface area (Å²) in [7, 11) is 1.78. The molecule has 1 heterocycles. The van der Waals surface area contributed by atoms with Gasteiger partial charge >= 0.3 is 0 Å². The number of aromatic nitrogens is 1. The van der Waals surface area contributed by atoms with Crippen LogP contribution in [0.15, 0.2) is 18.2 Å². The van der Waals surface area contributed by atoms with Gasteiger partial charge in [-0.3, -0.25) is 0 Å². The lowest BCUT2D eigenvalue weighted by Crippen LogP contribution is -2.21. The molecule has 0 aliphatic rings. The van der Waals surface area contributed by atoms with Crippen LogP contribution in [-0.4, -0.2) is 30.3 Å². The number of hydrogen-bond acceptors (Lipinski definition) is 3. The molecule has 2 aromatic rings. The molecule has 0 saturated carbocycles. The Balaban J connectivity index is 2.70. The number of fused-ring (bicyclic) bond motifs is 1. The molecule has 0 aliphatic heterocycles. The third kappa shape index (κ3) is 2.13. The zero-order chi connectivity index (χ0) is 13.3. The quantitative estimate of drug-likeness (QED) is 0.910. The van der Waals surface area contributed by atoms with Crippen LogP contribution in [0.1, 0.15) is 5.69 Å². The number of nitrogens with zero attached hydrogens (tertiary/aromatic N) is 2. The Kier molecular flexibility index (Phi) is 3.43. The van der Waals surface area contributed by atoms with Crippen molar-refractivity contribution < 1.29 is 13.9 Å². The average Bonchev–Trinajstić information content (AvgIpc) is 2.34. The van der Waals surface area contributed by atoms with Crippen LogP contribution in [0.4, 0.5) is 14.5 Å². The lowest BCUT2D eigenvalue weighted by atomic mass is 10.1. The summed E-state index contributed by atoms with van der Waals surface area (Å²) in [4.78, 5) is 5.82. The van der Waals surface area contributed by atoms with Crippen molar-refractivity contribution in [1.82, 2.24) is 4.98 Å². The minimum absolute atomic E-state index is 0.0109. The summed E-state index contributed by atoms with van der Waals surface area (Å²) in [6.45, 7) is 2.13. The van der Waals surface area contributed by atoms with Crippen molar-refractivity contribution >= 4 is 16.6 Å². The van der Waals surface area contributed by atoms with Crippen LogP contribution in [-0.2, 0) is 0 Å². The number of aryl methyl sites for hydroxylation is 1. The van der Waals surface area contributed by atoms with E-state index in [0.29, 0.717) is 17.6 Å². The number of aliphatic hydroxyl groups excluding tert-OH is 1. The van der Waals surface area contributed by atoms with Crippen LogP contribution >= 0.6 is 0 Å². The monoisotopic (exact) mass is 252 g/mol. The van der Waals surface area contributed by atoms with E-state index in [1.807, 2.05) is 0 Å². The molecule has 0 amide bonds. The number of anilines is 1. The fourth-order valence-electron chi connectivity index (χ4n) is 1.93. The molecule has 2 rings (SSSR count). The minimum Gasteiger partial charge on any atom is -0.395 e. The SMILES string of the molecule is Cc1cc(N(C)CCO)c2ccc(F)c(F)c2n1. The van der Waals surface area contributed by atoms with Crippen LogP contribution in [0.25, 0.3) is 10.9 Å². The number of aliphatic hydroxyl groups is 1. The molecule has 0 bridgehead atoms. The predicted octanol–water partition coefficient (Wildman–Crippen LogP) is 2.25. The van der Waals surface area contributed by atoms with E-state index in [9.17, 15) is 8.78 Å². The molecule has 1 N–H and O–H groups in total. The van der Waals surface area contributed by atoms with E-state index in [1.54, 1.807) is 24.9 Å². The van der Waals surface area contributed by atoms with Crippen LogP contribution < -0.4 is 4.90 Å². The smallest absolute Gasteiger partial charge is 0.185 e. The molecule has 0 unspecified atom stereocenters. The number of likely N-dealkylation sites (N-methyl/N-ethyl adjacent to an activating group) is 1. The van der Waals surface area contributed by atoms with Gasteiger partial charge in [0.15, 0.2) is 11.6 Å². The van der Waals surface area contributed by atoms with Crippen molar-refractivity contribution in [2.75, 3.05) is 25.1 Å². The van der Waals surface area contributed by atoms with Crippen molar-refractivity contribution in [3.63, 3.8) is 0 Å². The maximum atomic E-state index is 13.7. The van der Waals surface area contributed by atoms with Crippen molar-refractivity contribution in [3.05, 3.63) is 35.5 Å². The third-order valence-electron chi connectivity index (χ3n) is 2.83. The second-order valence-corrected chi connectivity index (χ2v) is 4.19. The highest BCUT2D eigenvalue weighted by molar-refractivity contribution is 5.92. The van der Waals surface area contributed by atoms with E-state index >= 15 is 0 Å². The molecule has 1 aromatic heterocycles. The summed E-state index contributed by atoms with van der Waals surface area (Å²) in [5, 5.41) is 9.48. The molecule has 96 valence electrons. The fraction of sp³-hybridized carbons (Fsp3) is 0.308.